The highest BCUT2D eigenvalue weighted by molar-refractivity contribution is 5.89. The molecule has 1 aromatic carbocycles. The Morgan fingerprint density at radius 1 is 1.03 bits per heavy atom. The van der Waals surface area contributed by atoms with Crippen LogP contribution in [0.25, 0.3) is 0 Å². The number of nitrogens with zero attached hydrogens (tertiary/aromatic N) is 4. The maximum atomic E-state index is 13.8. The number of carbonyl (C=O) groups excluding carboxylic acids is 1. The van der Waals surface area contributed by atoms with Crippen molar-refractivity contribution >= 4 is 11.7 Å². The van der Waals surface area contributed by atoms with Gasteiger partial charge in [-0.05, 0) is 18.9 Å². The zero-order valence-corrected chi connectivity index (χ0v) is 16.1. The van der Waals surface area contributed by atoms with Crippen LogP contribution in [0.3, 0.4) is 0 Å². The topological polar surface area (TPSA) is 64.7 Å². The van der Waals surface area contributed by atoms with Gasteiger partial charge in [0.1, 0.15) is 12.2 Å². The van der Waals surface area contributed by atoms with Crippen LogP contribution in [0.4, 0.5) is 36.6 Å². The van der Waals surface area contributed by atoms with Crippen LogP contribution in [0, 0.1) is 29.1 Å². The third-order valence-corrected chi connectivity index (χ3v) is 4.87. The van der Waals surface area contributed by atoms with Crippen molar-refractivity contribution in [1.29, 1.82) is 0 Å². The van der Waals surface area contributed by atoms with Crippen molar-refractivity contribution in [3.8, 4) is 0 Å². The van der Waals surface area contributed by atoms with E-state index in [1.165, 1.54) is 16.8 Å². The summed E-state index contributed by atoms with van der Waals surface area (Å²) in [5.41, 5.74) is -1.01. The van der Waals surface area contributed by atoms with Crippen molar-refractivity contribution in [2.75, 3.05) is 5.32 Å². The predicted octanol–water partition coefficient (Wildman–Crippen LogP) is 4.28. The number of amides is 1. The highest BCUT2D eigenvalue weighted by Gasteiger charge is 2.30. The van der Waals surface area contributed by atoms with Crippen LogP contribution >= 0.6 is 0 Å². The summed E-state index contributed by atoms with van der Waals surface area (Å²) in [6.07, 6.45) is -0.0168. The van der Waals surface area contributed by atoms with Gasteiger partial charge in [-0.1, -0.05) is 0 Å². The Labute approximate surface area is 175 Å². The Morgan fingerprint density at radius 3 is 2.25 bits per heavy atom. The predicted molar refractivity (Wildman–Crippen MR) is 95.3 cm³/mol. The van der Waals surface area contributed by atoms with Gasteiger partial charge in [-0.15, -0.1) is 0 Å². The molecule has 0 saturated heterocycles. The van der Waals surface area contributed by atoms with Crippen LogP contribution in [-0.4, -0.2) is 25.5 Å². The van der Waals surface area contributed by atoms with Crippen LogP contribution in [0.2, 0.25) is 0 Å². The average Bonchev–Trinajstić information content (AvgIpc) is 3.36. The van der Waals surface area contributed by atoms with Gasteiger partial charge in [0.05, 0.1) is 12.1 Å². The lowest BCUT2D eigenvalue weighted by Crippen LogP contribution is -2.21. The van der Waals surface area contributed by atoms with E-state index in [4.69, 9.17) is 0 Å². The van der Waals surface area contributed by atoms with Gasteiger partial charge in [-0.25, -0.2) is 30.7 Å². The van der Waals surface area contributed by atoms with Gasteiger partial charge in [-0.2, -0.15) is 10.2 Å². The molecule has 0 aliphatic heterocycles. The normalized spacial score (nSPS) is 13.8. The first-order valence-corrected chi connectivity index (χ1v) is 9.35. The molecule has 3 aromatic rings. The van der Waals surface area contributed by atoms with Crippen LogP contribution in [0.15, 0.2) is 18.3 Å². The summed E-state index contributed by atoms with van der Waals surface area (Å²) in [6, 6.07) is 2.49. The molecule has 1 amide bonds. The third-order valence-electron chi connectivity index (χ3n) is 4.87. The molecule has 1 fully saturated rings. The van der Waals surface area contributed by atoms with Gasteiger partial charge in [0, 0.05) is 23.9 Å². The van der Waals surface area contributed by atoms with Crippen molar-refractivity contribution in [1.82, 2.24) is 19.6 Å². The highest BCUT2D eigenvalue weighted by atomic mass is 19.3. The zero-order chi connectivity index (χ0) is 23.2. The molecule has 4 rings (SSSR count). The van der Waals surface area contributed by atoms with Crippen LogP contribution < -0.4 is 5.32 Å². The molecular weight excluding hydrogens is 447 g/mol. The first-order chi connectivity index (χ1) is 15.2. The van der Waals surface area contributed by atoms with E-state index in [2.05, 4.69) is 15.5 Å². The number of aromatic nitrogens is 4. The molecule has 1 saturated carbocycles. The Hall–Kier alpha value is -3.38. The van der Waals surface area contributed by atoms with Crippen molar-refractivity contribution in [2.24, 2.45) is 0 Å². The molecular formula is C19H14F7N5O. The number of rotatable bonds is 7. The smallest absolute Gasteiger partial charge is 0.282 e. The molecule has 0 spiro atoms. The number of hydrogen-bond donors (Lipinski definition) is 1. The standard InChI is InChI=1S/C19H14F7N5O/c20-14-9(15(21)17(23)18(24)16(14)22)6-30-4-3-12(29-30)27-13(32)7-31-11(8-1-2-8)5-10(28-31)19(25)26/h3-5,8,19H,1-2,6-7H2,(H,27,29,32). The van der Waals surface area contributed by atoms with Gasteiger partial charge in [0.25, 0.3) is 6.43 Å². The van der Waals surface area contributed by atoms with Crippen LogP contribution in [0.5, 0.6) is 0 Å². The van der Waals surface area contributed by atoms with Crippen molar-refractivity contribution in [2.45, 2.75) is 38.3 Å². The minimum Gasteiger partial charge on any atom is -0.308 e. The maximum absolute atomic E-state index is 13.8. The van der Waals surface area contributed by atoms with Crippen LogP contribution in [-0.2, 0) is 17.9 Å². The summed E-state index contributed by atoms with van der Waals surface area (Å²) in [4.78, 5) is 12.3. The zero-order valence-electron chi connectivity index (χ0n) is 16.1. The second kappa shape index (κ2) is 8.28. The molecule has 1 aliphatic rings. The third kappa shape index (κ3) is 4.18. The van der Waals surface area contributed by atoms with Gasteiger partial charge in [0.15, 0.2) is 29.1 Å². The van der Waals surface area contributed by atoms with Crippen molar-refractivity contribution < 1.29 is 35.5 Å². The SMILES string of the molecule is O=C(Cn1nc(C(F)F)cc1C1CC1)Nc1ccn(Cc2c(F)c(F)c(F)c(F)c2F)n1. The number of hydrogen-bond acceptors (Lipinski definition) is 3. The molecule has 0 unspecified atom stereocenters. The number of alkyl halides is 2. The molecule has 1 N–H and O–H groups in total. The van der Waals surface area contributed by atoms with E-state index in [1.807, 2.05) is 0 Å². The van der Waals surface area contributed by atoms with Gasteiger partial charge in [0.2, 0.25) is 11.7 Å². The maximum Gasteiger partial charge on any atom is 0.282 e. The van der Waals surface area contributed by atoms with E-state index in [-0.39, 0.29) is 18.3 Å². The van der Waals surface area contributed by atoms with Gasteiger partial charge < -0.3 is 5.32 Å². The first kappa shape index (κ1) is 21.8. The largest absolute Gasteiger partial charge is 0.308 e. The Balaban J connectivity index is 1.46. The molecule has 1 aliphatic carbocycles. The van der Waals surface area contributed by atoms with E-state index in [9.17, 15) is 35.5 Å². The first-order valence-electron chi connectivity index (χ1n) is 9.35. The number of halogens is 7. The average molecular weight is 461 g/mol. The molecule has 170 valence electrons. The Bertz CT molecular complexity index is 1160. The van der Waals surface area contributed by atoms with E-state index in [1.54, 1.807) is 0 Å². The van der Waals surface area contributed by atoms with Crippen LogP contribution in [0.1, 0.15) is 42.1 Å². The lowest BCUT2D eigenvalue weighted by Gasteiger charge is -2.08. The van der Waals surface area contributed by atoms with E-state index < -0.39 is 59.2 Å². The number of carbonyl (C=O) groups is 1. The molecule has 13 heteroatoms. The minimum absolute atomic E-state index is 0.0586. The lowest BCUT2D eigenvalue weighted by atomic mass is 10.1. The van der Waals surface area contributed by atoms with E-state index in [0.717, 1.165) is 23.7 Å². The summed E-state index contributed by atoms with van der Waals surface area (Å²) >= 11 is 0. The second-order valence-electron chi connectivity index (χ2n) is 7.22. The van der Waals surface area contributed by atoms with Gasteiger partial charge in [-0.3, -0.25) is 14.2 Å². The summed E-state index contributed by atoms with van der Waals surface area (Å²) in [6.45, 7) is -1.16. The number of benzene rings is 1. The Morgan fingerprint density at radius 2 is 1.66 bits per heavy atom. The molecule has 0 radical (unpaired) electrons. The van der Waals surface area contributed by atoms with Gasteiger partial charge >= 0.3 is 0 Å². The minimum atomic E-state index is -2.78. The summed E-state index contributed by atoms with van der Waals surface area (Å²) in [5, 5.41) is 9.94. The number of anilines is 1. The highest BCUT2D eigenvalue weighted by Crippen LogP contribution is 2.41. The fraction of sp³-hybridized carbons (Fsp3) is 0.316. The molecule has 0 atom stereocenters. The number of nitrogens with one attached hydrogen (secondary N) is 1. The van der Waals surface area contributed by atoms with E-state index >= 15 is 0 Å². The summed E-state index contributed by atoms with van der Waals surface area (Å²) in [5.74, 6) is -11.1. The molecule has 0 bridgehead atoms. The quantitative estimate of drug-likeness (QED) is 0.325. The molecule has 6 nitrogen and oxygen atoms in total. The fourth-order valence-corrected chi connectivity index (χ4v) is 3.18. The molecule has 32 heavy (non-hydrogen) atoms. The van der Waals surface area contributed by atoms with Crippen molar-refractivity contribution in [3.63, 3.8) is 0 Å². The Kier molecular flexibility index (Phi) is 5.65. The molecule has 2 heterocycles. The fourth-order valence-electron chi connectivity index (χ4n) is 3.18. The van der Waals surface area contributed by atoms with Crippen molar-refractivity contribution in [3.05, 3.63) is 64.4 Å². The van der Waals surface area contributed by atoms with E-state index in [0.29, 0.717) is 5.69 Å². The summed E-state index contributed by atoms with van der Waals surface area (Å²) in [7, 11) is 0. The second-order valence-corrected chi connectivity index (χ2v) is 7.22. The summed E-state index contributed by atoms with van der Waals surface area (Å²) < 4.78 is 95.4. The molecule has 2 aromatic heterocycles. The lowest BCUT2D eigenvalue weighted by molar-refractivity contribution is -0.117. The monoisotopic (exact) mass is 461 g/mol.